The topological polar surface area (TPSA) is 35.9 Å². The van der Waals surface area contributed by atoms with Crippen molar-refractivity contribution in [2.45, 2.75) is 33.1 Å². The summed E-state index contributed by atoms with van der Waals surface area (Å²) >= 11 is 0. The molecule has 2 N–H and O–H groups in total. The van der Waals surface area contributed by atoms with E-state index in [2.05, 4.69) is 25.2 Å². The van der Waals surface area contributed by atoms with E-state index in [1.807, 2.05) is 0 Å². The van der Waals surface area contributed by atoms with E-state index in [0.717, 1.165) is 6.54 Å². The highest BCUT2D eigenvalue weighted by Gasteiger charge is 2.37. The molecule has 13 heavy (non-hydrogen) atoms. The van der Waals surface area contributed by atoms with Crippen LogP contribution in [0.4, 0.5) is 0 Å². The zero-order valence-corrected chi connectivity index (χ0v) is 8.69. The van der Waals surface area contributed by atoms with Crippen molar-refractivity contribution in [1.82, 2.24) is 5.32 Å². The first-order valence-corrected chi connectivity index (χ1v) is 5.08. The first kappa shape index (κ1) is 10.5. The summed E-state index contributed by atoms with van der Waals surface area (Å²) in [5.74, 6) is 0. The van der Waals surface area contributed by atoms with Crippen molar-refractivity contribution in [1.29, 1.82) is 5.41 Å². The maximum atomic E-state index is 6.94. The number of allylic oxidation sites excluding steroid dienone is 1. The lowest BCUT2D eigenvalue weighted by molar-refractivity contribution is 0.182. The summed E-state index contributed by atoms with van der Waals surface area (Å²) in [5, 5.41) is 10.2. The van der Waals surface area contributed by atoms with Crippen LogP contribution in [0.5, 0.6) is 0 Å². The van der Waals surface area contributed by atoms with Gasteiger partial charge in [-0.05, 0) is 26.7 Å². The predicted octanol–water partition coefficient (Wildman–Crippen LogP) is 2.61. The highest BCUT2D eigenvalue weighted by atomic mass is 14.9. The predicted molar refractivity (Wildman–Crippen MR) is 59.5 cm³/mol. The van der Waals surface area contributed by atoms with Gasteiger partial charge in [-0.2, -0.15) is 0 Å². The lowest BCUT2D eigenvalue weighted by Gasteiger charge is -2.43. The van der Waals surface area contributed by atoms with Gasteiger partial charge in [-0.1, -0.05) is 18.1 Å². The average Bonchev–Trinajstić information content (AvgIpc) is 2.08. The van der Waals surface area contributed by atoms with E-state index < -0.39 is 0 Å². The largest absolute Gasteiger partial charge is 0.312 e. The Morgan fingerprint density at radius 3 is 2.69 bits per heavy atom. The fourth-order valence-electron chi connectivity index (χ4n) is 2.00. The highest BCUT2D eigenvalue weighted by molar-refractivity contribution is 5.55. The van der Waals surface area contributed by atoms with Gasteiger partial charge in [0.1, 0.15) is 0 Å². The number of hydrogen-bond acceptors (Lipinski definition) is 2. The summed E-state index contributed by atoms with van der Waals surface area (Å²) in [4.78, 5) is 0. The van der Waals surface area contributed by atoms with Gasteiger partial charge in [0.25, 0.3) is 0 Å². The fraction of sp³-hybridized carbons (Fsp3) is 0.727. The van der Waals surface area contributed by atoms with Crippen LogP contribution in [0.2, 0.25) is 0 Å². The van der Waals surface area contributed by atoms with E-state index in [0.29, 0.717) is 12.0 Å². The van der Waals surface area contributed by atoms with Gasteiger partial charge in [-0.3, -0.25) is 0 Å². The van der Waals surface area contributed by atoms with E-state index in [1.54, 1.807) is 0 Å². The Kier molecular flexibility index (Phi) is 3.67. The molecule has 1 aliphatic rings. The van der Waals surface area contributed by atoms with Crippen LogP contribution >= 0.6 is 0 Å². The average molecular weight is 182 g/mol. The van der Waals surface area contributed by atoms with Crippen molar-refractivity contribution in [3.05, 3.63) is 11.6 Å². The summed E-state index contributed by atoms with van der Waals surface area (Å²) < 4.78 is 0. The van der Waals surface area contributed by atoms with Crippen LogP contribution in [-0.4, -0.2) is 19.3 Å². The summed E-state index contributed by atoms with van der Waals surface area (Å²) in [5.41, 5.74) is 1.94. The Labute approximate surface area is 82.4 Å². The van der Waals surface area contributed by atoms with Gasteiger partial charge >= 0.3 is 0 Å². The third-order valence-corrected chi connectivity index (χ3v) is 3.29. The molecule has 0 aromatic carbocycles. The quantitative estimate of drug-likeness (QED) is 0.383. The lowest BCUT2D eigenvalue weighted by Crippen LogP contribution is -2.41. The van der Waals surface area contributed by atoms with Gasteiger partial charge in [-0.15, -0.1) is 0 Å². The van der Waals surface area contributed by atoms with Crippen LogP contribution in [0.15, 0.2) is 11.6 Å². The Morgan fingerprint density at radius 2 is 2.31 bits per heavy atom. The van der Waals surface area contributed by atoms with Crippen LogP contribution < -0.4 is 5.32 Å². The summed E-state index contributed by atoms with van der Waals surface area (Å²) in [6.07, 6.45) is 7.64. The monoisotopic (exact) mass is 182 g/mol. The second kappa shape index (κ2) is 4.56. The Bertz CT molecular complexity index is 207. The third kappa shape index (κ3) is 2.19. The van der Waals surface area contributed by atoms with Gasteiger partial charge in [0.15, 0.2) is 0 Å². The second-order valence-electron chi connectivity index (χ2n) is 3.94. The zero-order valence-electron chi connectivity index (χ0n) is 8.69. The molecule has 1 rings (SSSR count). The Balaban J connectivity index is 0.00000169. The van der Waals surface area contributed by atoms with Crippen LogP contribution in [0.3, 0.4) is 0 Å². The minimum absolute atomic E-state index is 0. The smallest absolute Gasteiger partial charge is 0.0302 e. The fourth-order valence-corrected chi connectivity index (χ4v) is 2.00. The molecule has 0 unspecified atom stereocenters. The Hall–Kier alpha value is -0.630. The molecule has 0 bridgehead atoms. The molecule has 2 heteroatoms. The van der Waals surface area contributed by atoms with E-state index in [4.69, 9.17) is 5.41 Å². The molecular weight excluding hydrogens is 160 g/mol. The van der Waals surface area contributed by atoms with Crippen molar-refractivity contribution in [3.63, 3.8) is 0 Å². The van der Waals surface area contributed by atoms with Crippen LogP contribution in [0, 0.1) is 10.8 Å². The molecule has 0 amide bonds. The van der Waals surface area contributed by atoms with Crippen LogP contribution in [0.1, 0.15) is 34.5 Å². The van der Waals surface area contributed by atoms with Gasteiger partial charge in [0, 0.05) is 26.1 Å². The van der Waals surface area contributed by atoms with Gasteiger partial charge in [-0.25, -0.2) is 0 Å². The minimum atomic E-state index is 0. The highest BCUT2D eigenvalue weighted by Crippen LogP contribution is 2.46. The molecule has 0 atom stereocenters. The molecule has 1 saturated carbocycles. The molecule has 0 saturated heterocycles. The molecule has 2 nitrogen and oxygen atoms in total. The van der Waals surface area contributed by atoms with Crippen molar-refractivity contribution < 1.29 is 1.43 Å². The van der Waals surface area contributed by atoms with Gasteiger partial charge in [0.05, 0.1) is 0 Å². The van der Waals surface area contributed by atoms with E-state index in [9.17, 15) is 0 Å². The molecular formula is C11H22N2. The SMILES string of the molecule is C/C=C(\C)C1(CNCC=N)CCC1.[HH]. The van der Waals surface area contributed by atoms with Crippen molar-refractivity contribution >= 4 is 6.21 Å². The minimum Gasteiger partial charge on any atom is -0.312 e. The van der Waals surface area contributed by atoms with Crippen molar-refractivity contribution in [2.75, 3.05) is 13.1 Å². The van der Waals surface area contributed by atoms with Gasteiger partial charge < -0.3 is 10.7 Å². The summed E-state index contributed by atoms with van der Waals surface area (Å²) in [7, 11) is 0. The molecule has 0 aromatic heterocycles. The van der Waals surface area contributed by atoms with Crippen molar-refractivity contribution in [3.8, 4) is 0 Å². The zero-order chi connectivity index (χ0) is 9.73. The number of hydrogen-bond donors (Lipinski definition) is 2. The molecule has 0 radical (unpaired) electrons. The Morgan fingerprint density at radius 1 is 1.62 bits per heavy atom. The normalized spacial score (nSPS) is 20.9. The first-order valence-electron chi connectivity index (χ1n) is 5.08. The number of nitrogens with one attached hydrogen (secondary N) is 2. The molecule has 0 aromatic rings. The van der Waals surface area contributed by atoms with Gasteiger partial charge in [0.2, 0.25) is 0 Å². The molecule has 76 valence electrons. The third-order valence-electron chi connectivity index (χ3n) is 3.29. The molecule has 0 spiro atoms. The summed E-state index contributed by atoms with van der Waals surface area (Å²) in [6.45, 7) is 6.09. The van der Waals surface area contributed by atoms with E-state index in [1.165, 1.54) is 31.1 Å². The molecule has 1 fully saturated rings. The standard InChI is InChI=1S/C11H20N2.H2/c1-3-10(2)11(5-4-6-11)9-13-8-7-12;/h3,7,12-13H,4-6,8-9H2,1-2H3;1H/b10-3+,12-7?;. The molecule has 0 aliphatic heterocycles. The summed E-state index contributed by atoms with van der Waals surface area (Å²) in [6, 6.07) is 0. The first-order chi connectivity index (χ1) is 6.25. The van der Waals surface area contributed by atoms with Crippen molar-refractivity contribution in [2.24, 2.45) is 5.41 Å². The maximum absolute atomic E-state index is 6.94. The lowest BCUT2D eigenvalue weighted by atomic mass is 9.64. The number of rotatable bonds is 5. The van der Waals surface area contributed by atoms with E-state index >= 15 is 0 Å². The molecule has 0 heterocycles. The molecule has 1 aliphatic carbocycles. The second-order valence-corrected chi connectivity index (χ2v) is 3.94. The maximum Gasteiger partial charge on any atom is 0.0302 e. The van der Waals surface area contributed by atoms with Crippen LogP contribution in [-0.2, 0) is 0 Å². The van der Waals surface area contributed by atoms with Crippen LogP contribution in [0.25, 0.3) is 0 Å². The van der Waals surface area contributed by atoms with E-state index in [-0.39, 0.29) is 1.43 Å².